The van der Waals surface area contributed by atoms with E-state index in [-0.39, 0.29) is 11.6 Å². The molecule has 2 saturated carbocycles. The van der Waals surface area contributed by atoms with E-state index in [1.165, 1.54) is 74.3 Å². The minimum atomic E-state index is -0.185. The molecule has 2 aliphatic rings. The van der Waals surface area contributed by atoms with Gasteiger partial charge in [-0.25, -0.2) is 8.78 Å². The summed E-state index contributed by atoms with van der Waals surface area (Å²) in [5.74, 6) is 2.58. The van der Waals surface area contributed by atoms with Gasteiger partial charge in [-0.3, -0.25) is 0 Å². The van der Waals surface area contributed by atoms with Crippen molar-refractivity contribution in [1.82, 2.24) is 0 Å². The van der Waals surface area contributed by atoms with E-state index in [0.717, 1.165) is 96.6 Å². The summed E-state index contributed by atoms with van der Waals surface area (Å²) < 4.78 is 33.5. The summed E-state index contributed by atoms with van der Waals surface area (Å²) in [6, 6.07) is 26.0. The Hall–Kier alpha value is -2.91. The standard InChI is InChI=1S/C50H64F2S/c1-5-7-9-11-43-29-31-47(49(51)45(43)33-37-17-25-41(26-18-37)39-21-13-35(3)14-22-39)53-48-32-30-44(12-10-8-6-2)46(50(48)52)34-38-19-27-42(28-20-38)40-23-15-36(4)16-24-40/h17-20,25-32,35-36,39-40H,5-16,21-24,33-34H2,1-4H3/t35-,36-,39-,40-. The van der Waals surface area contributed by atoms with Gasteiger partial charge in [-0.05, 0) is 132 Å². The highest BCUT2D eigenvalue weighted by atomic mass is 32.2. The van der Waals surface area contributed by atoms with Crippen LogP contribution < -0.4 is 0 Å². The van der Waals surface area contributed by atoms with Crippen molar-refractivity contribution in [3.05, 3.63) is 129 Å². The van der Waals surface area contributed by atoms with Crippen LogP contribution in [0.1, 0.15) is 174 Å². The highest BCUT2D eigenvalue weighted by Crippen LogP contribution is 2.40. The van der Waals surface area contributed by atoms with Gasteiger partial charge < -0.3 is 0 Å². The molecule has 284 valence electrons. The summed E-state index contributed by atoms with van der Waals surface area (Å²) in [6.07, 6.45) is 19.8. The van der Waals surface area contributed by atoms with E-state index >= 15 is 8.78 Å². The average molecular weight is 735 g/mol. The highest BCUT2D eigenvalue weighted by Gasteiger charge is 2.23. The van der Waals surface area contributed by atoms with Crippen molar-refractivity contribution in [3.8, 4) is 0 Å². The lowest BCUT2D eigenvalue weighted by Gasteiger charge is -2.26. The van der Waals surface area contributed by atoms with Crippen molar-refractivity contribution in [2.24, 2.45) is 11.8 Å². The molecule has 2 fully saturated rings. The first-order valence-electron chi connectivity index (χ1n) is 21.3. The number of rotatable bonds is 16. The molecule has 2 aliphatic carbocycles. The number of halogens is 2. The number of hydrogen-bond acceptors (Lipinski definition) is 1. The predicted molar refractivity (Wildman–Crippen MR) is 223 cm³/mol. The molecule has 0 amide bonds. The monoisotopic (exact) mass is 734 g/mol. The lowest BCUT2D eigenvalue weighted by Crippen LogP contribution is -2.10. The normalized spacial score (nSPS) is 20.5. The summed E-state index contributed by atoms with van der Waals surface area (Å²) in [5, 5.41) is 0. The number of unbranched alkanes of at least 4 members (excludes halogenated alkanes) is 4. The van der Waals surface area contributed by atoms with Crippen LogP contribution in [-0.2, 0) is 25.7 Å². The summed E-state index contributed by atoms with van der Waals surface area (Å²) in [7, 11) is 0. The summed E-state index contributed by atoms with van der Waals surface area (Å²) >= 11 is 1.26. The van der Waals surface area contributed by atoms with Gasteiger partial charge in [-0.1, -0.05) is 151 Å². The molecule has 0 atom stereocenters. The van der Waals surface area contributed by atoms with Crippen LogP contribution in [0.3, 0.4) is 0 Å². The average Bonchev–Trinajstić information content (AvgIpc) is 3.17. The summed E-state index contributed by atoms with van der Waals surface area (Å²) in [6.45, 7) is 9.15. The maximum Gasteiger partial charge on any atom is 0.140 e. The molecule has 4 aromatic carbocycles. The molecule has 0 nitrogen and oxygen atoms in total. The van der Waals surface area contributed by atoms with Gasteiger partial charge in [0, 0.05) is 22.6 Å². The maximum atomic E-state index is 16.8. The molecule has 0 unspecified atom stereocenters. The maximum absolute atomic E-state index is 16.8. The van der Waals surface area contributed by atoms with Crippen molar-refractivity contribution in [1.29, 1.82) is 0 Å². The highest BCUT2D eigenvalue weighted by molar-refractivity contribution is 7.99. The van der Waals surface area contributed by atoms with Crippen molar-refractivity contribution in [2.45, 2.75) is 165 Å². The van der Waals surface area contributed by atoms with Gasteiger partial charge in [0.05, 0.1) is 0 Å². The van der Waals surface area contributed by atoms with Gasteiger partial charge in [0.25, 0.3) is 0 Å². The molecule has 0 aromatic heterocycles. The smallest absolute Gasteiger partial charge is 0.140 e. The number of hydrogen-bond donors (Lipinski definition) is 0. The summed E-state index contributed by atoms with van der Waals surface area (Å²) in [4.78, 5) is 1.03. The fourth-order valence-corrected chi connectivity index (χ4v) is 9.88. The van der Waals surface area contributed by atoms with E-state index in [1.54, 1.807) is 0 Å². The lowest BCUT2D eigenvalue weighted by atomic mass is 9.79. The molecule has 6 rings (SSSR count). The Morgan fingerprint density at radius 2 is 0.868 bits per heavy atom. The molecular formula is C50H64F2S. The van der Waals surface area contributed by atoms with E-state index in [2.05, 4.69) is 88.4 Å². The second-order valence-electron chi connectivity index (χ2n) is 16.8. The lowest BCUT2D eigenvalue weighted by molar-refractivity contribution is 0.348. The third kappa shape index (κ3) is 10.7. The van der Waals surface area contributed by atoms with E-state index in [9.17, 15) is 0 Å². The zero-order valence-electron chi connectivity index (χ0n) is 33.1. The molecule has 0 N–H and O–H groups in total. The van der Waals surface area contributed by atoms with Gasteiger partial charge in [-0.2, -0.15) is 0 Å². The Balaban J connectivity index is 1.24. The molecule has 0 heterocycles. The third-order valence-corrected chi connectivity index (χ3v) is 13.7. The van der Waals surface area contributed by atoms with Crippen LogP contribution in [0.25, 0.3) is 0 Å². The zero-order valence-corrected chi connectivity index (χ0v) is 33.9. The van der Waals surface area contributed by atoms with Crippen LogP contribution in [0.15, 0.2) is 82.6 Å². The Morgan fingerprint density at radius 1 is 0.491 bits per heavy atom. The molecule has 0 bridgehead atoms. The SMILES string of the molecule is CCCCCc1ccc(Sc2ccc(CCCCC)c(Cc3ccc([C@H]4CC[C@H](C)CC4)cc3)c2F)c(F)c1Cc1ccc([C@H]2CC[C@H](C)CC2)cc1. The first kappa shape index (κ1) is 39.8. The zero-order chi connectivity index (χ0) is 37.2. The van der Waals surface area contributed by atoms with Crippen molar-refractivity contribution in [2.75, 3.05) is 0 Å². The third-order valence-electron chi connectivity index (χ3n) is 12.6. The quantitative estimate of drug-likeness (QED) is 0.103. The van der Waals surface area contributed by atoms with Crippen LogP contribution in [0.5, 0.6) is 0 Å². The Labute approximate surface area is 325 Å². The minimum absolute atomic E-state index is 0.185. The Morgan fingerprint density at radius 3 is 1.23 bits per heavy atom. The van der Waals surface area contributed by atoms with Crippen molar-refractivity contribution in [3.63, 3.8) is 0 Å². The molecule has 0 aliphatic heterocycles. The van der Waals surface area contributed by atoms with Crippen molar-refractivity contribution >= 4 is 11.8 Å². The Kier molecular flexibility index (Phi) is 14.7. The molecule has 3 heteroatoms. The van der Waals surface area contributed by atoms with Gasteiger partial charge in [0.15, 0.2) is 0 Å². The first-order chi connectivity index (χ1) is 25.8. The molecular weight excluding hydrogens is 671 g/mol. The fraction of sp³-hybridized carbons (Fsp3) is 0.520. The molecule has 0 radical (unpaired) electrons. The van der Waals surface area contributed by atoms with Gasteiger partial charge >= 0.3 is 0 Å². The first-order valence-corrected chi connectivity index (χ1v) is 22.1. The number of aryl methyl sites for hydroxylation is 2. The van der Waals surface area contributed by atoms with Crippen LogP contribution in [-0.4, -0.2) is 0 Å². The second-order valence-corrected chi connectivity index (χ2v) is 17.9. The molecule has 0 spiro atoms. The Bertz CT molecular complexity index is 1590. The van der Waals surface area contributed by atoms with E-state index in [1.807, 2.05) is 12.1 Å². The predicted octanol–water partition coefficient (Wildman–Crippen LogP) is 15.4. The van der Waals surface area contributed by atoms with Crippen molar-refractivity contribution < 1.29 is 8.78 Å². The van der Waals surface area contributed by atoms with E-state index < -0.39 is 0 Å². The van der Waals surface area contributed by atoms with Crippen LogP contribution >= 0.6 is 11.8 Å². The van der Waals surface area contributed by atoms with Gasteiger partial charge in [0.1, 0.15) is 11.6 Å². The van der Waals surface area contributed by atoms with Crippen LogP contribution in [0.2, 0.25) is 0 Å². The fourth-order valence-electron chi connectivity index (χ4n) is 8.95. The molecule has 53 heavy (non-hydrogen) atoms. The minimum Gasteiger partial charge on any atom is -0.205 e. The second kappa shape index (κ2) is 19.6. The van der Waals surface area contributed by atoms with Gasteiger partial charge in [0.2, 0.25) is 0 Å². The largest absolute Gasteiger partial charge is 0.205 e. The van der Waals surface area contributed by atoms with Crippen LogP contribution in [0.4, 0.5) is 8.78 Å². The summed E-state index contributed by atoms with van der Waals surface area (Å²) in [5.41, 5.74) is 8.85. The molecule has 0 saturated heterocycles. The topological polar surface area (TPSA) is 0 Å². The van der Waals surface area contributed by atoms with E-state index in [0.29, 0.717) is 34.5 Å². The van der Waals surface area contributed by atoms with Gasteiger partial charge in [-0.15, -0.1) is 0 Å². The molecule has 4 aromatic rings. The number of benzene rings is 4. The van der Waals surface area contributed by atoms with E-state index in [4.69, 9.17) is 0 Å². The van der Waals surface area contributed by atoms with Crippen LogP contribution in [0, 0.1) is 23.5 Å².